The zero-order chi connectivity index (χ0) is 28.4. The van der Waals surface area contributed by atoms with Gasteiger partial charge in [-0.1, -0.05) is 38.1 Å². The fourth-order valence-electron chi connectivity index (χ4n) is 3.69. The largest absolute Gasteiger partial charge is 0.508 e. The number of aromatic hydroxyl groups is 2. The van der Waals surface area contributed by atoms with Crippen LogP contribution >= 0.6 is 0 Å². The highest BCUT2D eigenvalue weighted by atomic mass is 16.4. The molecule has 0 fully saturated rings. The zero-order valence-corrected chi connectivity index (χ0v) is 21.7. The number of nitrogens with one attached hydrogen (secondary N) is 3. The molecule has 3 amide bonds. The van der Waals surface area contributed by atoms with Crippen LogP contribution in [0.15, 0.2) is 48.5 Å². The van der Waals surface area contributed by atoms with E-state index in [4.69, 9.17) is 10.8 Å². The van der Waals surface area contributed by atoms with Crippen LogP contribution in [-0.4, -0.2) is 63.2 Å². The van der Waals surface area contributed by atoms with Crippen molar-refractivity contribution in [2.75, 3.05) is 0 Å². The summed E-state index contributed by atoms with van der Waals surface area (Å²) < 4.78 is 0. The number of rotatable bonds is 13. The second-order valence-corrected chi connectivity index (χ2v) is 9.67. The number of hydrogen-bond acceptors (Lipinski definition) is 7. The van der Waals surface area contributed by atoms with Gasteiger partial charge in [-0.2, -0.15) is 0 Å². The van der Waals surface area contributed by atoms with Crippen LogP contribution in [0.5, 0.6) is 11.5 Å². The number of benzene rings is 2. The standard InChI is InChI=1S/C27H36N4O7/c1-15(2)12-22(25(35)29-16(3)27(37)38)31-26(36)23(14-18-6-10-20(33)11-7-18)30-24(34)21(28)13-17-4-8-19(32)9-5-17/h4-11,15-16,21-23,32-33H,12-14,28H2,1-3H3,(H,29,35)(H,30,34)(H,31,36)(H,37,38). The minimum Gasteiger partial charge on any atom is -0.508 e. The summed E-state index contributed by atoms with van der Waals surface area (Å²) in [5.41, 5.74) is 7.44. The summed E-state index contributed by atoms with van der Waals surface area (Å²) in [6, 6.07) is 8.03. The summed E-state index contributed by atoms with van der Waals surface area (Å²) in [6.45, 7) is 5.02. The molecule has 0 saturated carbocycles. The quantitative estimate of drug-likeness (QED) is 0.199. The average molecular weight is 529 g/mol. The van der Waals surface area contributed by atoms with Gasteiger partial charge in [0.05, 0.1) is 6.04 Å². The molecule has 0 aliphatic rings. The molecule has 2 aromatic rings. The van der Waals surface area contributed by atoms with Gasteiger partial charge in [0.1, 0.15) is 29.6 Å². The zero-order valence-electron chi connectivity index (χ0n) is 21.7. The molecule has 0 aliphatic carbocycles. The third kappa shape index (κ3) is 9.74. The van der Waals surface area contributed by atoms with E-state index in [0.29, 0.717) is 11.1 Å². The van der Waals surface area contributed by atoms with Crippen LogP contribution in [0.25, 0.3) is 0 Å². The first-order valence-electron chi connectivity index (χ1n) is 12.3. The molecule has 0 heterocycles. The number of aliphatic carboxylic acids is 1. The molecule has 4 unspecified atom stereocenters. The topological polar surface area (TPSA) is 191 Å². The molecule has 11 nitrogen and oxygen atoms in total. The molecule has 38 heavy (non-hydrogen) atoms. The number of carboxylic acid groups (broad SMARTS) is 1. The van der Waals surface area contributed by atoms with Gasteiger partial charge < -0.3 is 37.0 Å². The Morgan fingerprint density at radius 2 is 1.16 bits per heavy atom. The maximum atomic E-state index is 13.3. The Hall–Kier alpha value is -4.12. The van der Waals surface area contributed by atoms with Gasteiger partial charge in [0.15, 0.2) is 0 Å². The summed E-state index contributed by atoms with van der Waals surface area (Å²) in [5.74, 6) is -3.00. The number of carbonyl (C=O) groups is 4. The minimum absolute atomic E-state index is 0.00458. The van der Waals surface area contributed by atoms with E-state index in [1.54, 1.807) is 24.3 Å². The van der Waals surface area contributed by atoms with Crippen LogP contribution < -0.4 is 21.7 Å². The van der Waals surface area contributed by atoms with Crippen molar-refractivity contribution in [3.8, 4) is 11.5 Å². The molecule has 0 radical (unpaired) electrons. The minimum atomic E-state index is -1.21. The van der Waals surface area contributed by atoms with Crippen molar-refractivity contribution in [2.24, 2.45) is 11.7 Å². The van der Waals surface area contributed by atoms with E-state index in [0.717, 1.165) is 0 Å². The smallest absolute Gasteiger partial charge is 0.325 e. The van der Waals surface area contributed by atoms with E-state index in [9.17, 15) is 29.4 Å². The Morgan fingerprint density at radius 1 is 0.711 bits per heavy atom. The number of carbonyl (C=O) groups excluding carboxylic acids is 3. The number of phenolic OH excluding ortho intramolecular Hbond substituents is 2. The first-order valence-corrected chi connectivity index (χ1v) is 12.3. The van der Waals surface area contributed by atoms with Gasteiger partial charge >= 0.3 is 5.97 Å². The SMILES string of the molecule is CC(C)CC(NC(=O)C(Cc1ccc(O)cc1)NC(=O)C(N)Cc1ccc(O)cc1)C(=O)NC(C)C(=O)O. The predicted molar refractivity (Wildman–Crippen MR) is 140 cm³/mol. The van der Waals surface area contributed by atoms with Crippen LogP contribution in [0, 0.1) is 5.92 Å². The number of amides is 3. The Morgan fingerprint density at radius 3 is 1.63 bits per heavy atom. The van der Waals surface area contributed by atoms with E-state index >= 15 is 0 Å². The first kappa shape index (κ1) is 30.1. The van der Waals surface area contributed by atoms with E-state index in [2.05, 4.69) is 16.0 Å². The summed E-state index contributed by atoms with van der Waals surface area (Å²) in [6.07, 6.45) is 0.445. The monoisotopic (exact) mass is 528 g/mol. The summed E-state index contributed by atoms with van der Waals surface area (Å²) in [5, 5.41) is 35.8. The highest BCUT2D eigenvalue weighted by Gasteiger charge is 2.30. The van der Waals surface area contributed by atoms with Crippen molar-refractivity contribution in [3.05, 3.63) is 59.7 Å². The van der Waals surface area contributed by atoms with E-state index < -0.39 is 47.9 Å². The Bertz CT molecular complexity index is 1100. The van der Waals surface area contributed by atoms with E-state index in [1.807, 2.05) is 13.8 Å². The summed E-state index contributed by atoms with van der Waals surface area (Å²) >= 11 is 0. The Kier molecular flexibility index (Phi) is 11.1. The Balaban J connectivity index is 2.21. The van der Waals surface area contributed by atoms with Crippen molar-refractivity contribution >= 4 is 23.7 Å². The normalized spacial score (nSPS) is 14.1. The third-order valence-corrected chi connectivity index (χ3v) is 5.81. The molecule has 0 bridgehead atoms. The molecular formula is C27H36N4O7. The number of hydrogen-bond donors (Lipinski definition) is 7. The molecule has 0 aromatic heterocycles. The lowest BCUT2D eigenvalue weighted by molar-refractivity contribution is -0.141. The molecule has 8 N–H and O–H groups in total. The Labute approximate surface area is 221 Å². The maximum absolute atomic E-state index is 13.3. The van der Waals surface area contributed by atoms with Gasteiger partial charge in [-0.25, -0.2) is 0 Å². The number of carboxylic acids is 1. The van der Waals surface area contributed by atoms with Crippen LogP contribution in [0.4, 0.5) is 0 Å². The van der Waals surface area contributed by atoms with Gasteiger partial charge in [0.25, 0.3) is 0 Å². The van der Waals surface area contributed by atoms with Gasteiger partial charge in [-0.05, 0) is 61.1 Å². The van der Waals surface area contributed by atoms with Crippen LogP contribution in [0.1, 0.15) is 38.3 Å². The lowest BCUT2D eigenvalue weighted by Crippen LogP contribution is -2.57. The molecule has 2 aromatic carbocycles. The van der Waals surface area contributed by atoms with Gasteiger partial charge in [0.2, 0.25) is 17.7 Å². The fourth-order valence-corrected chi connectivity index (χ4v) is 3.69. The van der Waals surface area contributed by atoms with E-state index in [1.165, 1.54) is 31.2 Å². The predicted octanol–water partition coefficient (Wildman–Crippen LogP) is 0.815. The second kappa shape index (κ2) is 14.0. The van der Waals surface area contributed by atoms with Gasteiger partial charge in [-0.15, -0.1) is 0 Å². The lowest BCUT2D eigenvalue weighted by Gasteiger charge is -2.26. The molecule has 0 aliphatic heterocycles. The van der Waals surface area contributed by atoms with Crippen molar-refractivity contribution < 1.29 is 34.5 Å². The first-order chi connectivity index (χ1) is 17.8. The van der Waals surface area contributed by atoms with Crippen LogP contribution in [0.3, 0.4) is 0 Å². The summed E-state index contributed by atoms with van der Waals surface area (Å²) in [4.78, 5) is 50.2. The molecule has 0 spiro atoms. The fraction of sp³-hybridized carbons (Fsp3) is 0.407. The van der Waals surface area contributed by atoms with Gasteiger partial charge in [0, 0.05) is 6.42 Å². The van der Waals surface area contributed by atoms with Gasteiger partial charge in [-0.3, -0.25) is 19.2 Å². The van der Waals surface area contributed by atoms with Crippen molar-refractivity contribution in [1.82, 2.24) is 16.0 Å². The summed E-state index contributed by atoms with van der Waals surface area (Å²) in [7, 11) is 0. The highest BCUT2D eigenvalue weighted by Crippen LogP contribution is 2.14. The van der Waals surface area contributed by atoms with Crippen molar-refractivity contribution in [3.63, 3.8) is 0 Å². The number of nitrogens with two attached hydrogens (primary N) is 1. The molecule has 2 rings (SSSR count). The average Bonchev–Trinajstić information content (AvgIpc) is 2.85. The third-order valence-electron chi connectivity index (χ3n) is 5.81. The van der Waals surface area contributed by atoms with Crippen LogP contribution in [0.2, 0.25) is 0 Å². The molecule has 206 valence electrons. The molecule has 11 heteroatoms. The lowest BCUT2D eigenvalue weighted by atomic mass is 10.00. The molecular weight excluding hydrogens is 492 g/mol. The van der Waals surface area contributed by atoms with E-state index in [-0.39, 0.29) is 36.7 Å². The van der Waals surface area contributed by atoms with Crippen molar-refractivity contribution in [2.45, 2.75) is 64.2 Å². The maximum Gasteiger partial charge on any atom is 0.325 e. The number of phenols is 2. The second-order valence-electron chi connectivity index (χ2n) is 9.67. The van der Waals surface area contributed by atoms with Crippen LogP contribution in [-0.2, 0) is 32.0 Å². The van der Waals surface area contributed by atoms with Crippen molar-refractivity contribution in [1.29, 1.82) is 0 Å². The molecule has 4 atom stereocenters. The molecule has 0 saturated heterocycles. The highest BCUT2D eigenvalue weighted by molar-refractivity contribution is 5.94.